The summed E-state index contributed by atoms with van der Waals surface area (Å²) in [5.74, 6) is -0.133. The molecule has 2 N–H and O–H groups in total. The van der Waals surface area contributed by atoms with Crippen LogP contribution in [0.15, 0.2) is 24.3 Å². The Morgan fingerprint density at radius 1 is 0.903 bits per heavy atom. The van der Waals surface area contributed by atoms with Crippen molar-refractivity contribution in [1.82, 2.24) is 15.1 Å². The number of aliphatic hydroxyl groups excluding tert-OH is 1. The molecule has 0 aromatic heterocycles. The lowest BCUT2D eigenvalue weighted by Crippen LogP contribution is -2.44. The van der Waals surface area contributed by atoms with E-state index in [1.807, 2.05) is 17.0 Å². The third-order valence-electron chi connectivity index (χ3n) is 7.49. The minimum absolute atomic E-state index is 0.0291. The second kappa shape index (κ2) is 10.6. The Morgan fingerprint density at radius 3 is 2.35 bits per heavy atom. The maximum atomic E-state index is 13.1. The number of likely N-dealkylation sites (tertiary alicyclic amines) is 2. The van der Waals surface area contributed by atoms with Crippen molar-refractivity contribution < 1.29 is 14.7 Å². The van der Waals surface area contributed by atoms with Crippen LogP contribution in [0, 0.1) is 11.8 Å². The van der Waals surface area contributed by atoms with Gasteiger partial charge < -0.3 is 15.3 Å². The topological polar surface area (TPSA) is 72.9 Å². The molecule has 1 aromatic carbocycles. The van der Waals surface area contributed by atoms with Crippen molar-refractivity contribution in [3.63, 3.8) is 0 Å². The number of nitrogens with zero attached hydrogens (tertiary/aromatic N) is 2. The van der Waals surface area contributed by atoms with Crippen LogP contribution < -0.4 is 5.32 Å². The number of hydrogen-bond acceptors (Lipinski definition) is 4. The second-order valence-corrected chi connectivity index (χ2v) is 9.47. The highest BCUT2D eigenvalue weighted by molar-refractivity contribution is 5.88. The number of carbonyl (C=O) groups excluding carboxylic acids is 2. The molecule has 0 bridgehead atoms. The van der Waals surface area contributed by atoms with Crippen molar-refractivity contribution in [1.29, 1.82) is 0 Å². The van der Waals surface area contributed by atoms with Crippen LogP contribution in [0.3, 0.4) is 0 Å². The van der Waals surface area contributed by atoms with Gasteiger partial charge in [0.2, 0.25) is 11.8 Å². The van der Waals surface area contributed by atoms with Gasteiger partial charge in [0.15, 0.2) is 0 Å². The van der Waals surface area contributed by atoms with E-state index in [1.54, 1.807) is 0 Å². The van der Waals surface area contributed by atoms with Crippen LogP contribution in [-0.4, -0.2) is 59.0 Å². The molecule has 2 saturated heterocycles. The van der Waals surface area contributed by atoms with Gasteiger partial charge in [-0.3, -0.25) is 14.5 Å². The Labute approximate surface area is 186 Å². The summed E-state index contributed by atoms with van der Waals surface area (Å²) in [6, 6.07) is 8.49. The van der Waals surface area contributed by atoms with Crippen molar-refractivity contribution in [2.45, 2.75) is 70.5 Å². The Hall–Kier alpha value is -1.92. The largest absolute Gasteiger partial charge is 0.395 e. The number of carbonyl (C=O) groups is 2. The number of hydrogen-bond donors (Lipinski definition) is 2. The average Bonchev–Trinajstić information content (AvgIpc) is 3.50. The van der Waals surface area contributed by atoms with Crippen LogP contribution in [0.4, 0.5) is 0 Å². The highest BCUT2D eigenvalue weighted by Gasteiger charge is 2.38. The van der Waals surface area contributed by atoms with E-state index < -0.39 is 0 Å². The Bertz CT molecular complexity index is 762. The minimum atomic E-state index is -0.202. The van der Waals surface area contributed by atoms with Crippen LogP contribution >= 0.6 is 0 Å². The number of nitrogens with one attached hydrogen (secondary N) is 1. The number of aliphatic hydroxyl groups is 1. The van der Waals surface area contributed by atoms with E-state index >= 15 is 0 Å². The van der Waals surface area contributed by atoms with Crippen molar-refractivity contribution in [2.24, 2.45) is 11.8 Å². The van der Waals surface area contributed by atoms with E-state index in [-0.39, 0.29) is 36.3 Å². The van der Waals surface area contributed by atoms with Gasteiger partial charge >= 0.3 is 0 Å². The first-order valence-electron chi connectivity index (χ1n) is 12.2. The third-order valence-corrected chi connectivity index (χ3v) is 7.49. The lowest BCUT2D eigenvalue weighted by molar-refractivity contribution is -0.142. The summed E-state index contributed by atoms with van der Waals surface area (Å²) in [5.41, 5.74) is 2.33. The standard InChI is InChI=1S/C25H37N3O3/c29-18-21-10-7-15-28(21)17-20-9-2-1-8-19(20)16-26-24(30)22-11-3-4-12-23(22)25(31)27-13-5-6-14-27/h1-2,8-9,21-23,29H,3-7,10-18H2,(H,26,30)/t21-,22+,23-/m1/s1. The lowest BCUT2D eigenvalue weighted by atomic mass is 9.77. The molecule has 1 aliphatic carbocycles. The first-order chi connectivity index (χ1) is 15.2. The van der Waals surface area contributed by atoms with E-state index in [2.05, 4.69) is 22.3 Å². The van der Waals surface area contributed by atoms with Crippen molar-refractivity contribution in [3.05, 3.63) is 35.4 Å². The summed E-state index contributed by atoms with van der Waals surface area (Å²) in [4.78, 5) is 30.5. The first kappa shape index (κ1) is 22.3. The van der Waals surface area contributed by atoms with Gasteiger partial charge in [-0.15, -0.1) is 0 Å². The summed E-state index contributed by atoms with van der Waals surface area (Å²) < 4.78 is 0. The molecule has 2 aliphatic heterocycles. The quantitative estimate of drug-likeness (QED) is 0.702. The van der Waals surface area contributed by atoms with E-state index in [1.165, 1.54) is 5.56 Å². The summed E-state index contributed by atoms with van der Waals surface area (Å²) in [6.07, 6.45) is 8.04. The molecular formula is C25H37N3O3. The fourth-order valence-corrected chi connectivity index (χ4v) is 5.64. The van der Waals surface area contributed by atoms with E-state index in [9.17, 15) is 14.7 Å². The van der Waals surface area contributed by atoms with Crippen LogP contribution in [0.1, 0.15) is 62.5 Å². The van der Waals surface area contributed by atoms with Gasteiger partial charge in [0.05, 0.1) is 6.61 Å². The lowest BCUT2D eigenvalue weighted by Gasteiger charge is -2.32. The van der Waals surface area contributed by atoms with E-state index in [0.717, 1.165) is 83.1 Å². The van der Waals surface area contributed by atoms with Crippen molar-refractivity contribution in [2.75, 3.05) is 26.2 Å². The molecule has 0 radical (unpaired) electrons. The van der Waals surface area contributed by atoms with Gasteiger partial charge in [-0.1, -0.05) is 37.1 Å². The smallest absolute Gasteiger partial charge is 0.226 e. The highest BCUT2D eigenvalue weighted by atomic mass is 16.3. The maximum absolute atomic E-state index is 13.1. The minimum Gasteiger partial charge on any atom is -0.395 e. The van der Waals surface area contributed by atoms with Gasteiger partial charge in [-0.25, -0.2) is 0 Å². The molecule has 1 saturated carbocycles. The third kappa shape index (κ3) is 5.29. The predicted molar refractivity (Wildman–Crippen MR) is 120 cm³/mol. The molecule has 3 atom stereocenters. The first-order valence-corrected chi connectivity index (χ1v) is 12.2. The van der Waals surface area contributed by atoms with Gasteiger partial charge in [0, 0.05) is 44.1 Å². The number of amides is 2. The molecule has 31 heavy (non-hydrogen) atoms. The monoisotopic (exact) mass is 427 g/mol. The van der Waals surface area contributed by atoms with Gasteiger partial charge in [0.1, 0.15) is 0 Å². The zero-order chi connectivity index (χ0) is 21.6. The molecule has 4 rings (SSSR count). The van der Waals surface area contributed by atoms with Crippen LogP contribution in [0.2, 0.25) is 0 Å². The van der Waals surface area contributed by atoms with E-state index in [0.29, 0.717) is 6.54 Å². The zero-order valence-corrected chi connectivity index (χ0v) is 18.6. The molecule has 1 aromatic rings. The number of benzene rings is 1. The zero-order valence-electron chi connectivity index (χ0n) is 18.6. The number of rotatable bonds is 7. The summed E-state index contributed by atoms with van der Waals surface area (Å²) in [5, 5.41) is 12.8. The molecular weight excluding hydrogens is 390 g/mol. The molecule has 6 nitrogen and oxygen atoms in total. The predicted octanol–water partition coefficient (Wildman–Crippen LogP) is 2.69. The van der Waals surface area contributed by atoms with Gasteiger partial charge in [-0.2, -0.15) is 0 Å². The summed E-state index contributed by atoms with van der Waals surface area (Å²) >= 11 is 0. The molecule has 0 spiro atoms. The van der Waals surface area contributed by atoms with Crippen molar-refractivity contribution >= 4 is 11.8 Å². The average molecular weight is 428 g/mol. The maximum Gasteiger partial charge on any atom is 0.226 e. The molecule has 6 heteroatoms. The molecule has 2 amide bonds. The molecule has 170 valence electrons. The normalized spacial score (nSPS) is 26.9. The highest BCUT2D eigenvalue weighted by Crippen LogP contribution is 2.33. The van der Waals surface area contributed by atoms with Crippen LogP contribution in [0.5, 0.6) is 0 Å². The summed E-state index contributed by atoms with van der Waals surface area (Å²) in [7, 11) is 0. The Kier molecular flexibility index (Phi) is 7.62. The molecule has 2 heterocycles. The van der Waals surface area contributed by atoms with E-state index in [4.69, 9.17) is 0 Å². The molecule has 3 fully saturated rings. The van der Waals surface area contributed by atoms with Gasteiger partial charge in [0.25, 0.3) is 0 Å². The Balaban J connectivity index is 1.38. The summed E-state index contributed by atoms with van der Waals surface area (Å²) in [6.45, 7) is 4.20. The fraction of sp³-hybridized carbons (Fsp3) is 0.680. The molecule has 0 unspecified atom stereocenters. The Morgan fingerprint density at radius 2 is 1.61 bits per heavy atom. The van der Waals surface area contributed by atoms with Gasteiger partial charge in [-0.05, 0) is 56.2 Å². The SMILES string of the molecule is O=C(NCc1ccccc1CN1CCC[C@@H]1CO)[C@H]1CCCC[C@H]1C(=O)N1CCCC1. The fourth-order valence-electron chi connectivity index (χ4n) is 5.64. The van der Waals surface area contributed by atoms with Crippen LogP contribution in [-0.2, 0) is 22.7 Å². The second-order valence-electron chi connectivity index (χ2n) is 9.47. The molecule has 3 aliphatic rings. The van der Waals surface area contributed by atoms with Crippen molar-refractivity contribution in [3.8, 4) is 0 Å². The van der Waals surface area contributed by atoms with Crippen LogP contribution in [0.25, 0.3) is 0 Å².